The first-order valence-corrected chi connectivity index (χ1v) is 8.52. The van der Waals surface area contributed by atoms with Crippen LogP contribution in [0.3, 0.4) is 0 Å². The van der Waals surface area contributed by atoms with E-state index in [1.54, 1.807) is 24.3 Å². The molecule has 0 aliphatic carbocycles. The summed E-state index contributed by atoms with van der Waals surface area (Å²) in [7, 11) is 1.72. The molecular formula is C20H25N3O2. The molecule has 0 aliphatic rings. The number of pyridine rings is 1. The summed E-state index contributed by atoms with van der Waals surface area (Å²) in [6.45, 7) is 4.57. The van der Waals surface area contributed by atoms with Crippen LogP contribution in [-0.4, -0.2) is 35.3 Å². The van der Waals surface area contributed by atoms with Crippen molar-refractivity contribution < 1.29 is 9.59 Å². The lowest BCUT2D eigenvalue weighted by atomic mass is 10.1. The van der Waals surface area contributed by atoms with E-state index in [2.05, 4.69) is 10.3 Å². The second-order valence-electron chi connectivity index (χ2n) is 6.11. The van der Waals surface area contributed by atoms with Crippen molar-refractivity contribution in [2.24, 2.45) is 0 Å². The molecule has 1 aromatic heterocycles. The van der Waals surface area contributed by atoms with Crippen molar-refractivity contribution in [1.82, 2.24) is 9.88 Å². The molecule has 25 heavy (non-hydrogen) atoms. The number of benzene rings is 1. The molecular weight excluding hydrogens is 314 g/mol. The Morgan fingerprint density at radius 1 is 1.16 bits per heavy atom. The number of carbonyl (C=O) groups excluding carboxylic acids is 2. The molecule has 132 valence electrons. The Balaban J connectivity index is 1.88. The average molecular weight is 339 g/mol. The molecule has 0 unspecified atom stereocenters. The number of hydrogen-bond donors (Lipinski definition) is 1. The third-order valence-corrected chi connectivity index (χ3v) is 4.23. The van der Waals surface area contributed by atoms with Crippen molar-refractivity contribution in [3.05, 3.63) is 59.4 Å². The Morgan fingerprint density at radius 2 is 1.88 bits per heavy atom. The fraction of sp³-hybridized carbons (Fsp3) is 0.350. The summed E-state index contributed by atoms with van der Waals surface area (Å²) < 4.78 is 0. The van der Waals surface area contributed by atoms with E-state index in [1.807, 2.05) is 44.2 Å². The van der Waals surface area contributed by atoms with Crippen LogP contribution in [0.2, 0.25) is 0 Å². The zero-order valence-corrected chi connectivity index (χ0v) is 15.1. The first-order chi connectivity index (χ1) is 12.0. The molecule has 0 saturated heterocycles. The van der Waals surface area contributed by atoms with E-state index in [-0.39, 0.29) is 18.2 Å². The van der Waals surface area contributed by atoms with Crippen LogP contribution in [0.1, 0.15) is 30.0 Å². The van der Waals surface area contributed by atoms with Gasteiger partial charge in [-0.05, 0) is 48.6 Å². The number of para-hydroxylation sites is 1. The van der Waals surface area contributed by atoms with Crippen molar-refractivity contribution in [2.75, 3.05) is 18.9 Å². The van der Waals surface area contributed by atoms with Crippen LogP contribution in [0.25, 0.3) is 0 Å². The molecule has 2 rings (SSSR count). The number of aryl methyl sites for hydroxylation is 2. The summed E-state index contributed by atoms with van der Waals surface area (Å²) in [5.41, 5.74) is 4.02. The first kappa shape index (κ1) is 18.6. The highest BCUT2D eigenvalue weighted by molar-refractivity contribution is 6.04. The molecule has 2 aromatic rings. The van der Waals surface area contributed by atoms with E-state index in [9.17, 15) is 9.59 Å². The zero-order chi connectivity index (χ0) is 18.2. The molecule has 0 atom stereocenters. The molecule has 2 amide bonds. The number of hydrogen-bond acceptors (Lipinski definition) is 3. The summed E-state index contributed by atoms with van der Waals surface area (Å²) in [6, 6.07) is 9.77. The maximum absolute atomic E-state index is 12.3. The minimum absolute atomic E-state index is 0.148. The fourth-order valence-corrected chi connectivity index (χ4v) is 2.63. The lowest BCUT2D eigenvalue weighted by Gasteiger charge is -2.18. The van der Waals surface area contributed by atoms with E-state index < -0.39 is 0 Å². The van der Waals surface area contributed by atoms with E-state index in [1.165, 1.54) is 0 Å². The molecule has 1 heterocycles. The topological polar surface area (TPSA) is 62.3 Å². The number of likely N-dealkylation sites (N-methyl/N-ethyl adjacent to an activating group) is 1. The molecule has 5 nitrogen and oxygen atoms in total. The molecule has 0 bridgehead atoms. The molecule has 5 heteroatoms. The van der Waals surface area contributed by atoms with Gasteiger partial charge in [-0.2, -0.15) is 0 Å². The van der Waals surface area contributed by atoms with Gasteiger partial charge in [-0.1, -0.05) is 25.1 Å². The number of amides is 2. The minimum atomic E-state index is -0.273. The van der Waals surface area contributed by atoms with Crippen molar-refractivity contribution in [2.45, 2.75) is 33.1 Å². The Kier molecular flexibility index (Phi) is 6.69. The second-order valence-corrected chi connectivity index (χ2v) is 6.11. The van der Waals surface area contributed by atoms with E-state index >= 15 is 0 Å². The summed E-state index contributed by atoms with van der Waals surface area (Å²) >= 11 is 0. The van der Waals surface area contributed by atoms with Gasteiger partial charge in [-0.3, -0.25) is 14.6 Å². The van der Waals surface area contributed by atoms with Crippen LogP contribution in [0.15, 0.2) is 42.7 Å². The number of aromatic nitrogens is 1. The predicted octanol–water partition coefficient (Wildman–Crippen LogP) is 2.98. The Hall–Kier alpha value is -2.69. The quantitative estimate of drug-likeness (QED) is 0.789. The summed E-state index contributed by atoms with van der Waals surface area (Å²) in [4.78, 5) is 30.1. The lowest BCUT2D eigenvalue weighted by molar-refractivity contribution is -0.133. The van der Waals surface area contributed by atoms with Gasteiger partial charge < -0.3 is 10.2 Å². The van der Waals surface area contributed by atoms with Gasteiger partial charge in [0.2, 0.25) is 11.8 Å². The number of anilines is 1. The average Bonchev–Trinajstić information content (AvgIpc) is 2.62. The first-order valence-electron chi connectivity index (χ1n) is 8.52. The number of carbonyl (C=O) groups is 2. The highest BCUT2D eigenvalue weighted by Crippen LogP contribution is 2.21. The summed E-state index contributed by atoms with van der Waals surface area (Å²) in [5, 5.41) is 2.89. The highest BCUT2D eigenvalue weighted by Gasteiger charge is 2.15. The van der Waals surface area contributed by atoms with E-state index in [4.69, 9.17) is 0 Å². The summed E-state index contributed by atoms with van der Waals surface area (Å²) in [6.07, 6.45) is 4.89. The van der Waals surface area contributed by atoms with Crippen molar-refractivity contribution >= 4 is 17.5 Å². The molecule has 0 aliphatic heterocycles. The van der Waals surface area contributed by atoms with Crippen LogP contribution < -0.4 is 5.32 Å². The Morgan fingerprint density at radius 3 is 2.56 bits per heavy atom. The van der Waals surface area contributed by atoms with Gasteiger partial charge >= 0.3 is 0 Å². The van der Waals surface area contributed by atoms with Gasteiger partial charge in [0, 0.05) is 31.7 Å². The third kappa shape index (κ3) is 5.41. The van der Waals surface area contributed by atoms with Crippen LogP contribution in [0, 0.1) is 6.92 Å². The van der Waals surface area contributed by atoms with Gasteiger partial charge in [0.25, 0.3) is 0 Å². The van der Waals surface area contributed by atoms with Crippen LogP contribution in [0.5, 0.6) is 0 Å². The smallest absolute Gasteiger partial charge is 0.233 e. The Labute approximate surface area is 149 Å². The molecule has 1 aromatic carbocycles. The maximum atomic E-state index is 12.3. The minimum Gasteiger partial charge on any atom is -0.345 e. The standard InChI is InChI=1S/C20H25N3O2/c1-4-17-7-5-6-15(2)20(17)22-18(24)14-19(25)23(3)13-10-16-8-11-21-12-9-16/h5-9,11-12H,4,10,13-14H2,1-3H3,(H,22,24). The normalized spacial score (nSPS) is 10.4. The molecule has 0 fully saturated rings. The predicted molar refractivity (Wildman–Crippen MR) is 99.4 cm³/mol. The number of nitrogens with zero attached hydrogens (tertiary/aromatic N) is 2. The molecule has 1 N–H and O–H groups in total. The Bertz CT molecular complexity index is 729. The SMILES string of the molecule is CCc1cccc(C)c1NC(=O)CC(=O)N(C)CCc1ccncc1. The number of rotatable bonds is 7. The molecule has 0 radical (unpaired) electrons. The zero-order valence-electron chi connectivity index (χ0n) is 15.1. The van der Waals surface area contributed by atoms with Crippen molar-refractivity contribution in [3.8, 4) is 0 Å². The van der Waals surface area contributed by atoms with Gasteiger partial charge in [-0.15, -0.1) is 0 Å². The molecule has 0 spiro atoms. The third-order valence-electron chi connectivity index (χ3n) is 4.23. The van der Waals surface area contributed by atoms with Crippen LogP contribution >= 0.6 is 0 Å². The van der Waals surface area contributed by atoms with Gasteiger partial charge in [0.05, 0.1) is 0 Å². The number of nitrogens with one attached hydrogen (secondary N) is 1. The second kappa shape index (κ2) is 8.97. The summed E-state index contributed by atoms with van der Waals surface area (Å²) in [5.74, 6) is -0.456. The van der Waals surface area contributed by atoms with Crippen LogP contribution in [0.4, 0.5) is 5.69 Å². The van der Waals surface area contributed by atoms with Gasteiger partial charge in [-0.25, -0.2) is 0 Å². The van der Waals surface area contributed by atoms with Gasteiger partial charge in [0.15, 0.2) is 0 Å². The van der Waals surface area contributed by atoms with E-state index in [0.717, 1.165) is 35.2 Å². The lowest BCUT2D eigenvalue weighted by Crippen LogP contribution is -2.32. The van der Waals surface area contributed by atoms with E-state index in [0.29, 0.717) is 6.54 Å². The highest BCUT2D eigenvalue weighted by atomic mass is 16.2. The molecule has 0 saturated carbocycles. The fourth-order valence-electron chi connectivity index (χ4n) is 2.63. The van der Waals surface area contributed by atoms with Crippen LogP contribution in [-0.2, 0) is 22.4 Å². The van der Waals surface area contributed by atoms with Crippen molar-refractivity contribution in [3.63, 3.8) is 0 Å². The van der Waals surface area contributed by atoms with Crippen molar-refractivity contribution in [1.29, 1.82) is 0 Å². The largest absolute Gasteiger partial charge is 0.345 e. The maximum Gasteiger partial charge on any atom is 0.233 e. The monoisotopic (exact) mass is 339 g/mol. The van der Waals surface area contributed by atoms with Gasteiger partial charge in [0.1, 0.15) is 6.42 Å².